The molecule has 1 heterocycles. The molecule has 0 radical (unpaired) electrons. The number of pyridine rings is 1. The minimum atomic E-state index is 0.0341. The summed E-state index contributed by atoms with van der Waals surface area (Å²) in [6, 6.07) is 3.70. The molecule has 1 atom stereocenters. The van der Waals surface area contributed by atoms with Crippen LogP contribution in [0.3, 0.4) is 0 Å². The van der Waals surface area contributed by atoms with Gasteiger partial charge in [0.05, 0.1) is 12.7 Å². The highest BCUT2D eigenvalue weighted by molar-refractivity contribution is 5.24. The van der Waals surface area contributed by atoms with Crippen LogP contribution in [0.15, 0.2) is 12.1 Å². The van der Waals surface area contributed by atoms with Gasteiger partial charge in [-0.25, -0.2) is 4.98 Å². The highest BCUT2D eigenvalue weighted by Gasteiger charge is 2.05. The van der Waals surface area contributed by atoms with Crippen molar-refractivity contribution in [2.75, 3.05) is 0 Å². The molecule has 0 aliphatic heterocycles. The second-order valence-corrected chi connectivity index (χ2v) is 3.65. The molecular weight excluding hydrogens is 190 g/mol. The lowest BCUT2D eigenvalue weighted by Gasteiger charge is -2.13. The molecule has 84 valence electrons. The number of hydrogen-bond acceptors (Lipinski definition) is 3. The van der Waals surface area contributed by atoms with E-state index in [2.05, 4.69) is 11.9 Å². The number of nitrogens with zero attached hydrogens (tertiary/aromatic N) is 1. The maximum atomic E-state index is 9.09. The quantitative estimate of drug-likeness (QED) is 0.809. The van der Waals surface area contributed by atoms with E-state index in [1.54, 1.807) is 6.07 Å². The third-order valence-corrected chi connectivity index (χ3v) is 2.36. The first kappa shape index (κ1) is 12.0. The molecule has 15 heavy (non-hydrogen) atoms. The Bertz CT molecular complexity index is 290. The molecule has 0 amide bonds. The minimum absolute atomic E-state index is 0.0341. The van der Waals surface area contributed by atoms with Gasteiger partial charge in [0.2, 0.25) is 5.88 Å². The molecule has 1 rings (SSSR count). The summed E-state index contributed by atoms with van der Waals surface area (Å²) in [4.78, 5) is 4.35. The van der Waals surface area contributed by atoms with E-state index in [0.717, 1.165) is 24.1 Å². The zero-order valence-corrected chi connectivity index (χ0v) is 9.66. The maximum Gasteiger partial charge on any atom is 0.214 e. The van der Waals surface area contributed by atoms with Crippen molar-refractivity contribution >= 4 is 0 Å². The molecule has 1 N–H and O–H groups in total. The van der Waals surface area contributed by atoms with Crippen molar-refractivity contribution < 1.29 is 9.84 Å². The summed E-state index contributed by atoms with van der Waals surface area (Å²) in [6.07, 6.45) is 1.97. The highest BCUT2D eigenvalue weighted by atomic mass is 16.5. The van der Waals surface area contributed by atoms with E-state index in [9.17, 15) is 0 Å². The van der Waals surface area contributed by atoms with E-state index < -0.39 is 0 Å². The van der Waals surface area contributed by atoms with Gasteiger partial charge in [0, 0.05) is 11.8 Å². The molecule has 1 unspecified atom stereocenters. The second kappa shape index (κ2) is 5.71. The normalized spacial score (nSPS) is 12.5. The molecule has 0 saturated heterocycles. The fourth-order valence-corrected chi connectivity index (χ4v) is 1.24. The summed E-state index contributed by atoms with van der Waals surface area (Å²) in [5.74, 6) is 0.618. The van der Waals surface area contributed by atoms with Crippen LogP contribution in [-0.2, 0) is 13.0 Å². The molecule has 0 spiro atoms. The van der Waals surface area contributed by atoms with Crippen LogP contribution in [0.4, 0.5) is 0 Å². The van der Waals surface area contributed by atoms with Crippen LogP contribution in [-0.4, -0.2) is 16.2 Å². The average molecular weight is 209 g/mol. The Labute approximate surface area is 91.1 Å². The topological polar surface area (TPSA) is 42.4 Å². The van der Waals surface area contributed by atoms with Gasteiger partial charge in [-0.2, -0.15) is 0 Å². The van der Waals surface area contributed by atoms with Gasteiger partial charge in [-0.15, -0.1) is 0 Å². The Morgan fingerprint density at radius 1 is 1.40 bits per heavy atom. The van der Waals surface area contributed by atoms with Crippen LogP contribution >= 0.6 is 0 Å². The van der Waals surface area contributed by atoms with E-state index in [-0.39, 0.29) is 12.7 Å². The number of aromatic nitrogens is 1. The Hall–Kier alpha value is -1.09. The third kappa shape index (κ3) is 3.51. The number of ether oxygens (including phenoxy) is 1. The van der Waals surface area contributed by atoms with Gasteiger partial charge in [0.25, 0.3) is 0 Å². The number of hydrogen-bond donors (Lipinski definition) is 1. The Kier molecular flexibility index (Phi) is 4.56. The predicted molar refractivity (Wildman–Crippen MR) is 59.9 cm³/mol. The summed E-state index contributed by atoms with van der Waals surface area (Å²) < 4.78 is 5.63. The third-order valence-electron chi connectivity index (χ3n) is 2.36. The molecule has 0 aliphatic rings. The fraction of sp³-hybridized carbons (Fsp3) is 0.583. The van der Waals surface area contributed by atoms with Crippen molar-refractivity contribution in [1.29, 1.82) is 0 Å². The number of aliphatic hydroxyl groups excluding tert-OH is 1. The molecule has 3 heteroatoms. The van der Waals surface area contributed by atoms with E-state index >= 15 is 0 Å². The zero-order valence-electron chi connectivity index (χ0n) is 9.66. The van der Waals surface area contributed by atoms with Gasteiger partial charge in [0.1, 0.15) is 0 Å². The standard InChI is InChI=1S/C12H19NO2/c1-4-9(3)15-12-7-10(8-14)6-11(5-2)13-12/h6-7,9,14H,4-5,8H2,1-3H3. The van der Waals surface area contributed by atoms with Crippen LogP contribution in [0, 0.1) is 0 Å². The Morgan fingerprint density at radius 2 is 2.13 bits per heavy atom. The summed E-state index contributed by atoms with van der Waals surface area (Å²) in [5, 5.41) is 9.09. The van der Waals surface area contributed by atoms with Crippen molar-refractivity contribution in [1.82, 2.24) is 4.98 Å². The lowest BCUT2D eigenvalue weighted by atomic mass is 10.2. The van der Waals surface area contributed by atoms with Crippen LogP contribution in [0.5, 0.6) is 5.88 Å². The number of aliphatic hydroxyl groups is 1. The summed E-state index contributed by atoms with van der Waals surface area (Å²) in [7, 11) is 0. The van der Waals surface area contributed by atoms with Crippen molar-refractivity contribution in [2.45, 2.75) is 46.3 Å². The van der Waals surface area contributed by atoms with Crippen molar-refractivity contribution in [3.05, 3.63) is 23.4 Å². The molecule has 3 nitrogen and oxygen atoms in total. The maximum absolute atomic E-state index is 9.09. The van der Waals surface area contributed by atoms with Crippen LogP contribution < -0.4 is 4.74 Å². The fourth-order valence-electron chi connectivity index (χ4n) is 1.24. The SMILES string of the molecule is CCc1cc(CO)cc(OC(C)CC)n1. The first-order chi connectivity index (χ1) is 7.19. The summed E-state index contributed by atoms with van der Waals surface area (Å²) in [5.41, 5.74) is 1.82. The lowest BCUT2D eigenvalue weighted by molar-refractivity contribution is 0.207. The van der Waals surface area contributed by atoms with Gasteiger partial charge in [-0.1, -0.05) is 13.8 Å². The molecule has 1 aromatic rings. The van der Waals surface area contributed by atoms with Gasteiger partial charge < -0.3 is 9.84 Å². The Balaban J connectivity index is 2.86. The van der Waals surface area contributed by atoms with Gasteiger partial charge in [-0.3, -0.25) is 0 Å². The Morgan fingerprint density at radius 3 is 2.67 bits per heavy atom. The molecule has 0 aliphatic carbocycles. The zero-order chi connectivity index (χ0) is 11.3. The molecule has 0 bridgehead atoms. The first-order valence-corrected chi connectivity index (χ1v) is 5.46. The van der Waals surface area contributed by atoms with Gasteiger partial charge in [0.15, 0.2) is 0 Å². The summed E-state index contributed by atoms with van der Waals surface area (Å²) in [6.45, 7) is 6.16. The highest BCUT2D eigenvalue weighted by Crippen LogP contribution is 2.15. The molecule has 0 fully saturated rings. The van der Waals surface area contributed by atoms with Crippen LogP contribution in [0.1, 0.15) is 38.4 Å². The average Bonchev–Trinajstić information content (AvgIpc) is 2.28. The van der Waals surface area contributed by atoms with Crippen LogP contribution in [0.25, 0.3) is 0 Å². The van der Waals surface area contributed by atoms with Gasteiger partial charge >= 0.3 is 0 Å². The largest absolute Gasteiger partial charge is 0.475 e. The monoisotopic (exact) mass is 209 g/mol. The van der Waals surface area contributed by atoms with E-state index in [1.807, 2.05) is 19.9 Å². The van der Waals surface area contributed by atoms with Crippen molar-refractivity contribution in [3.63, 3.8) is 0 Å². The van der Waals surface area contributed by atoms with E-state index in [0.29, 0.717) is 5.88 Å². The molecule has 0 saturated carbocycles. The van der Waals surface area contributed by atoms with Gasteiger partial charge in [-0.05, 0) is 31.4 Å². The van der Waals surface area contributed by atoms with Crippen LogP contribution in [0.2, 0.25) is 0 Å². The molecule has 1 aromatic heterocycles. The van der Waals surface area contributed by atoms with Crippen molar-refractivity contribution in [3.8, 4) is 5.88 Å². The minimum Gasteiger partial charge on any atom is -0.475 e. The van der Waals surface area contributed by atoms with E-state index in [1.165, 1.54) is 0 Å². The first-order valence-electron chi connectivity index (χ1n) is 5.46. The predicted octanol–water partition coefficient (Wildman–Crippen LogP) is 2.31. The molecular formula is C12H19NO2. The second-order valence-electron chi connectivity index (χ2n) is 3.65. The van der Waals surface area contributed by atoms with E-state index in [4.69, 9.17) is 9.84 Å². The summed E-state index contributed by atoms with van der Waals surface area (Å²) >= 11 is 0. The smallest absolute Gasteiger partial charge is 0.214 e. The molecule has 0 aromatic carbocycles. The lowest BCUT2D eigenvalue weighted by Crippen LogP contribution is -2.11. The van der Waals surface area contributed by atoms with Crippen molar-refractivity contribution in [2.24, 2.45) is 0 Å². The number of rotatable bonds is 5. The number of aryl methyl sites for hydroxylation is 1.